The summed E-state index contributed by atoms with van der Waals surface area (Å²) in [7, 11) is 0. The van der Waals surface area contributed by atoms with Crippen LogP contribution in [0, 0.1) is 11.7 Å². The van der Waals surface area contributed by atoms with Gasteiger partial charge >= 0.3 is 0 Å². The van der Waals surface area contributed by atoms with Gasteiger partial charge in [-0.05, 0) is 48.9 Å². The van der Waals surface area contributed by atoms with E-state index in [0.29, 0.717) is 12.3 Å². The van der Waals surface area contributed by atoms with Crippen molar-refractivity contribution in [2.45, 2.75) is 38.2 Å². The van der Waals surface area contributed by atoms with Gasteiger partial charge in [0, 0.05) is 10.9 Å². The van der Waals surface area contributed by atoms with Gasteiger partial charge in [-0.1, -0.05) is 22.9 Å². The Balaban J connectivity index is 2.18. The Morgan fingerprint density at radius 1 is 1.44 bits per heavy atom. The third-order valence-electron chi connectivity index (χ3n) is 3.38. The molecule has 1 aliphatic carbocycles. The Labute approximate surface area is 104 Å². The molecule has 0 radical (unpaired) electrons. The Hall–Kier alpha value is -0.410. The van der Waals surface area contributed by atoms with E-state index in [1.807, 2.05) is 13.0 Å². The van der Waals surface area contributed by atoms with Crippen LogP contribution in [-0.2, 0) is 6.42 Å². The molecule has 1 nitrogen and oxygen atoms in total. The molecular formula is C13H16BrFO. The van der Waals surface area contributed by atoms with Crippen LogP contribution >= 0.6 is 15.9 Å². The molecular weight excluding hydrogens is 271 g/mol. The summed E-state index contributed by atoms with van der Waals surface area (Å²) in [4.78, 5) is 0. The second-order valence-corrected chi connectivity index (χ2v) is 5.60. The van der Waals surface area contributed by atoms with Crippen molar-refractivity contribution in [3.8, 4) is 0 Å². The van der Waals surface area contributed by atoms with Crippen molar-refractivity contribution in [1.82, 2.24) is 0 Å². The second kappa shape index (κ2) is 4.46. The van der Waals surface area contributed by atoms with Crippen molar-refractivity contribution < 1.29 is 9.50 Å². The maximum absolute atomic E-state index is 13.2. The minimum absolute atomic E-state index is 0.251. The normalized spacial score (nSPS) is 19.5. The zero-order valence-electron chi connectivity index (χ0n) is 9.34. The van der Waals surface area contributed by atoms with Crippen LogP contribution in [-0.4, -0.2) is 10.7 Å². The first-order valence-electron chi connectivity index (χ1n) is 5.71. The highest BCUT2D eigenvalue weighted by Crippen LogP contribution is 2.43. The van der Waals surface area contributed by atoms with Crippen LogP contribution in [0.2, 0.25) is 0 Å². The largest absolute Gasteiger partial charge is 0.389 e. The van der Waals surface area contributed by atoms with Crippen molar-refractivity contribution >= 4 is 15.9 Å². The highest BCUT2D eigenvalue weighted by Gasteiger charge is 2.42. The summed E-state index contributed by atoms with van der Waals surface area (Å²) in [6, 6.07) is 4.82. The van der Waals surface area contributed by atoms with Crippen LogP contribution in [0.15, 0.2) is 22.7 Å². The first-order chi connectivity index (χ1) is 7.53. The summed E-state index contributed by atoms with van der Waals surface area (Å²) in [5.74, 6) is 0.151. The molecule has 1 aromatic carbocycles. The number of benzene rings is 1. The average molecular weight is 287 g/mol. The van der Waals surface area contributed by atoms with E-state index in [-0.39, 0.29) is 5.82 Å². The van der Waals surface area contributed by atoms with Crippen LogP contribution < -0.4 is 0 Å². The van der Waals surface area contributed by atoms with E-state index in [9.17, 15) is 9.50 Å². The Morgan fingerprint density at radius 3 is 2.62 bits per heavy atom. The molecule has 1 unspecified atom stereocenters. The lowest BCUT2D eigenvalue weighted by molar-refractivity contribution is 0.0138. The molecule has 0 saturated heterocycles. The monoisotopic (exact) mass is 286 g/mol. The molecule has 0 bridgehead atoms. The summed E-state index contributed by atoms with van der Waals surface area (Å²) in [6.45, 7) is 1.99. The number of aliphatic hydroxyl groups is 1. The van der Waals surface area contributed by atoms with Crippen molar-refractivity contribution in [1.29, 1.82) is 0 Å². The molecule has 1 aromatic rings. The van der Waals surface area contributed by atoms with Crippen molar-refractivity contribution in [2.75, 3.05) is 0 Å². The van der Waals surface area contributed by atoms with E-state index >= 15 is 0 Å². The summed E-state index contributed by atoms with van der Waals surface area (Å²) in [5.41, 5.74) is 0.218. The van der Waals surface area contributed by atoms with Crippen molar-refractivity contribution in [3.05, 3.63) is 34.1 Å². The van der Waals surface area contributed by atoms with Gasteiger partial charge in [0.2, 0.25) is 0 Å². The Kier molecular flexibility index (Phi) is 3.36. The molecule has 1 N–H and O–H groups in total. The molecule has 1 atom stereocenters. The molecule has 1 fully saturated rings. The maximum atomic E-state index is 13.2. The van der Waals surface area contributed by atoms with Crippen LogP contribution in [0.4, 0.5) is 4.39 Å². The van der Waals surface area contributed by atoms with Crippen LogP contribution in [0.3, 0.4) is 0 Å². The van der Waals surface area contributed by atoms with E-state index < -0.39 is 5.60 Å². The summed E-state index contributed by atoms with van der Waals surface area (Å²) in [5, 5.41) is 10.5. The number of halogens is 2. The molecule has 88 valence electrons. The predicted molar refractivity (Wildman–Crippen MR) is 65.8 cm³/mol. The summed E-state index contributed by atoms with van der Waals surface area (Å²) >= 11 is 3.27. The van der Waals surface area contributed by atoms with E-state index in [0.717, 1.165) is 29.3 Å². The molecule has 0 aromatic heterocycles. The zero-order chi connectivity index (χ0) is 11.8. The van der Waals surface area contributed by atoms with Gasteiger partial charge in [-0.15, -0.1) is 0 Å². The average Bonchev–Trinajstić information content (AvgIpc) is 2.98. The summed E-state index contributed by atoms with van der Waals surface area (Å²) in [6.07, 6.45) is 3.47. The van der Waals surface area contributed by atoms with Gasteiger partial charge in [0.15, 0.2) is 0 Å². The topological polar surface area (TPSA) is 20.2 Å². The van der Waals surface area contributed by atoms with E-state index in [2.05, 4.69) is 15.9 Å². The van der Waals surface area contributed by atoms with Gasteiger partial charge in [-0.25, -0.2) is 4.39 Å². The Bertz CT molecular complexity index is 369. The van der Waals surface area contributed by atoms with Crippen molar-refractivity contribution in [2.24, 2.45) is 5.92 Å². The first kappa shape index (κ1) is 12.1. The van der Waals surface area contributed by atoms with Gasteiger partial charge in [0.1, 0.15) is 5.82 Å². The second-order valence-electron chi connectivity index (χ2n) is 4.69. The molecule has 0 heterocycles. The molecule has 0 aliphatic heterocycles. The fourth-order valence-electron chi connectivity index (χ4n) is 2.25. The molecule has 3 heteroatoms. The van der Waals surface area contributed by atoms with Gasteiger partial charge in [-0.2, -0.15) is 0 Å². The fourth-order valence-corrected chi connectivity index (χ4v) is 2.76. The van der Waals surface area contributed by atoms with E-state index in [4.69, 9.17) is 0 Å². The lowest BCUT2D eigenvalue weighted by atomic mass is 9.87. The molecule has 1 saturated carbocycles. The zero-order valence-corrected chi connectivity index (χ0v) is 10.9. The SMILES string of the molecule is CCC(O)(Cc1cc(F)cc(Br)c1)C1CC1. The minimum atomic E-state index is -0.646. The van der Waals surface area contributed by atoms with Crippen LogP contribution in [0.25, 0.3) is 0 Å². The van der Waals surface area contributed by atoms with Gasteiger partial charge in [0.05, 0.1) is 5.60 Å². The highest BCUT2D eigenvalue weighted by molar-refractivity contribution is 9.10. The molecule has 0 amide bonds. The molecule has 16 heavy (non-hydrogen) atoms. The van der Waals surface area contributed by atoms with E-state index in [1.54, 1.807) is 0 Å². The van der Waals surface area contributed by atoms with Crippen LogP contribution in [0.1, 0.15) is 31.7 Å². The third kappa shape index (κ3) is 2.64. The summed E-state index contributed by atoms with van der Waals surface area (Å²) < 4.78 is 13.9. The van der Waals surface area contributed by atoms with Gasteiger partial charge < -0.3 is 5.11 Å². The first-order valence-corrected chi connectivity index (χ1v) is 6.50. The van der Waals surface area contributed by atoms with Crippen molar-refractivity contribution in [3.63, 3.8) is 0 Å². The lowest BCUT2D eigenvalue weighted by Crippen LogP contribution is -2.33. The predicted octanol–water partition coefficient (Wildman–Crippen LogP) is 3.68. The van der Waals surface area contributed by atoms with Gasteiger partial charge in [0.25, 0.3) is 0 Å². The fraction of sp³-hybridized carbons (Fsp3) is 0.538. The number of hydrogen-bond acceptors (Lipinski definition) is 1. The maximum Gasteiger partial charge on any atom is 0.124 e. The standard InChI is InChI=1S/C13H16BrFO/c1-2-13(16,10-3-4-10)8-9-5-11(14)7-12(15)6-9/h5-7,10,16H,2-4,8H2,1H3. The molecule has 2 rings (SSSR count). The number of rotatable bonds is 4. The lowest BCUT2D eigenvalue weighted by Gasteiger charge is -2.27. The minimum Gasteiger partial charge on any atom is -0.389 e. The molecule has 1 aliphatic rings. The van der Waals surface area contributed by atoms with Gasteiger partial charge in [-0.3, -0.25) is 0 Å². The molecule has 0 spiro atoms. The highest BCUT2D eigenvalue weighted by atomic mass is 79.9. The number of hydrogen-bond donors (Lipinski definition) is 1. The Morgan fingerprint density at radius 2 is 2.12 bits per heavy atom. The smallest absolute Gasteiger partial charge is 0.124 e. The quantitative estimate of drug-likeness (QED) is 0.895. The third-order valence-corrected chi connectivity index (χ3v) is 3.84. The van der Waals surface area contributed by atoms with Crippen LogP contribution in [0.5, 0.6) is 0 Å². The van der Waals surface area contributed by atoms with E-state index in [1.165, 1.54) is 12.1 Å².